The number of ether oxygens (including phenoxy) is 1. The molecule has 0 unspecified atom stereocenters. The van der Waals surface area contributed by atoms with E-state index in [4.69, 9.17) is 5.11 Å². The minimum absolute atomic E-state index is 0.108. The maximum atomic E-state index is 10.0. The van der Waals surface area contributed by atoms with E-state index in [0.29, 0.717) is 6.54 Å². The van der Waals surface area contributed by atoms with E-state index >= 15 is 0 Å². The van der Waals surface area contributed by atoms with Crippen molar-refractivity contribution in [2.24, 2.45) is 0 Å². The lowest BCUT2D eigenvalue weighted by atomic mass is 10.4. The predicted molar refractivity (Wildman–Crippen MR) is 64.2 cm³/mol. The summed E-state index contributed by atoms with van der Waals surface area (Å²) in [6.45, 7) is 3.45. The molecule has 0 radical (unpaired) electrons. The minimum Gasteiger partial charge on any atom is -0.395 e. The number of aromatic nitrogens is 1. The lowest BCUT2D eigenvalue weighted by Crippen LogP contribution is -2.01. The Hall–Kier alpha value is -1.39. The number of hydrogen-bond acceptors (Lipinski definition) is 3. The highest BCUT2D eigenvalue weighted by molar-refractivity contribution is 5.73. The summed E-state index contributed by atoms with van der Waals surface area (Å²) < 4.78 is 6.42. The Morgan fingerprint density at radius 2 is 2.25 bits per heavy atom. The maximum Gasteiger partial charge on any atom is 0.142 e. The Morgan fingerprint density at radius 3 is 2.75 bits per heavy atom. The molecular weight excluding hydrogens is 206 g/mol. The molecule has 0 fully saturated rings. The number of rotatable bonds is 5. The first kappa shape index (κ1) is 14.6. The number of aldehydes is 1. The lowest BCUT2D eigenvalue weighted by molar-refractivity contribution is -0.104. The van der Waals surface area contributed by atoms with Crippen molar-refractivity contribution in [3.63, 3.8) is 0 Å². The Kier molecular flexibility index (Phi) is 9.26. The van der Waals surface area contributed by atoms with Gasteiger partial charge in [-0.05, 0) is 31.2 Å². The quantitative estimate of drug-likeness (QED) is 0.608. The summed E-state index contributed by atoms with van der Waals surface area (Å²) in [6, 6.07) is 3.76. The largest absolute Gasteiger partial charge is 0.395 e. The smallest absolute Gasteiger partial charge is 0.142 e. The molecule has 1 heterocycles. The molecule has 0 spiro atoms. The second-order valence-corrected chi connectivity index (χ2v) is 2.92. The van der Waals surface area contributed by atoms with Crippen LogP contribution in [0.15, 0.2) is 24.4 Å². The molecule has 0 saturated carbocycles. The van der Waals surface area contributed by atoms with Gasteiger partial charge < -0.3 is 14.4 Å². The molecule has 0 atom stereocenters. The molecule has 0 aliphatic heterocycles. The van der Waals surface area contributed by atoms with Crippen molar-refractivity contribution in [3.8, 4) is 0 Å². The number of hydrogen-bond donors (Lipinski definition) is 1. The standard InChI is InChI=1S/C9H11NO2.C3H8O/c11-7-2-4-9-3-1-5-10(9)6-8-12;1-3-4-2/h1-5,7,12H,6,8H2;3H2,1-2H3/b4-2+;. The third-order valence-electron chi connectivity index (χ3n) is 1.84. The molecule has 0 saturated heterocycles. The van der Waals surface area contributed by atoms with Crippen LogP contribution in [0.4, 0.5) is 0 Å². The number of allylic oxidation sites excluding steroid dienone is 1. The van der Waals surface area contributed by atoms with Crippen molar-refractivity contribution in [1.82, 2.24) is 4.57 Å². The molecule has 0 aliphatic rings. The number of carbonyl (C=O) groups excluding carboxylic acids is 1. The molecule has 4 nitrogen and oxygen atoms in total. The SMILES string of the molecule is CCOC.O=C/C=C/c1cccn1CCO. The zero-order chi connectivity index (χ0) is 12.2. The van der Waals surface area contributed by atoms with E-state index in [2.05, 4.69) is 4.74 Å². The van der Waals surface area contributed by atoms with E-state index in [1.165, 1.54) is 6.08 Å². The number of methoxy groups -OCH3 is 1. The Balaban J connectivity index is 0.000000487. The Morgan fingerprint density at radius 1 is 1.56 bits per heavy atom. The van der Waals surface area contributed by atoms with E-state index in [0.717, 1.165) is 18.6 Å². The van der Waals surface area contributed by atoms with E-state index < -0.39 is 0 Å². The van der Waals surface area contributed by atoms with Crippen LogP contribution in [0.2, 0.25) is 0 Å². The molecule has 0 aliphatic carbocycles. The predicted octanol–water partition coefficient (Wildman–Crippen LogP) is 1.35. The molecule has 1 N–H and O–H groups in total. The molecule has 1 aromatic heterocycles. The fourth-order valence-electron chi connectivity index (χ4n) is 1.03. The summed E-state index contributed by atoms with van der Waals surface area (Å²) in [6.07, 6.45) is 5.74. The molecule has 0 amide bonds. The highest BCUT2D eigenvalue weighted by Gasteiger charge is 1.94. The highest BCUT2D eigenvalue weighted by atomic mass is 16.5. The molecule has 0 aromatic carbocycles. The highest BCUT2D eigenvalue weighted by Crippen LogP contribution is 2.03. The summed E-state index contributed by atoms with van der Waals surface area (Å²) in [5.74, 6) is 0. The van der Waals surface area contributed by atoms with Gasteiger partial charge in [0.1, 0.15) is 6.29 Å². The first-order valence-electron chi connectivity index (χ1n) is 5.16. The summed E-state index contributed by atoms with van der Waals surface area (Å²) in [5, 5.41) is 8.67. The monoisotopic (exact) mass is 225 g/mol. The second-order valence-electron chi connectivity index (χ2n) is 2.92. The molecule has 1 rings (SSSR count). The number of nitrogens with zero attached hydrogens (tertiary/aromatic N) is 1. The van der Waals surface area contributed by atoms with Crippen LogP contribution >= 0.6 is 0 Å². The summed E-state index contributed by atoms with van der Waals surface area (Å²) in [4.78, 5) is 10.0. The summed E-state index contributed by atoms with van der Waals surface area (Å²) in [7, 11) is 1.68. The van der Waals surface area contributed by atoms with Gasteiger partial charge in [-0.3, -0.25) is 4.79 Å². The Labute approximate surface area is 96.2 Å². The van der Waals surface area contributed by atoms with Gasteiger partial charge in [-0.2, -0.15) is 0 Å². The van der Waals surface area contributed by atoms with Gasteiger partial charge in [0.2, 0.25) is 0 Å². The van der Waals surface area contributed by atoms with Crippen LogP contribution in [-0.4, -0.2) is 36.3 Å². The van der Waals surface area contributed by atoms with Crippen molar-refractivity contribution in [2.45, 2.75) is 13.5 Å². The number of carbonyl (C=O) groups is 1. The number of aliphatic hydroxyl groups excluding tert-OH is 1. The average Bonchev–Trinajstić information content (AvgIpc) is 2.75. The molecule has 16 heavy (non-hydrogen) atoms. The topological polar surface area (TPSA) is 51.5 Å². The van der Waals surface area contributed by atoms with Gasteiger partial charge in [-0.25, -0.2) is 0 Å². The minimum atomic E-state index is 0.108. The normalized spacial score (nSPS) is 9.94. The lowest BCUT2D eigenvalue weighted by Gasteiger charge is -2.01. The van der Waals surface area contributed by atoms with Crippen LogP contribution in [0.3, 0.4) is 0 Å². The molecule has 4 heteroatoms. The van der Waals surface area contributed by atoms with Crippen molar-refractivity contribution >= 4 is 12.4 Å². The van der Waals surface area contributed by atoms with Gasteiger partial charge in [0.05, 0.1) is 6.61 Å². The van der Waals surface area contributed by atoms with Crippen molar-refractivity contribution < 1.29 is 14.6 Å². The first-order chi connectivity index (χ1) is 7.79. The van der Waals surface area contributed by atoms with Gasteiger partial charge in [0, 0.05) is 32.2 Å². The van der Waals surface area contributed by atoms with Crippen LogP contribution < -0.4 is 0 Å². The van der Waals surface area contributed by atoms with Crippen LogP contribution in [0.5, 0.6) is 0 Å². The fourth-order valence-corrected chi connectivity index (χ4v) is 1.03. The van der Waals surface area contributed by atoms with Crippen LogP contribution in [0.25, 0.3) is 6.08 Å². The van der Waals surface area contributed by atoms with Crippen LogP contribution in [-0.2, 0) is 16.1 Å². The van der Waals surface area contributed by atoms with E-state index in [-0.39, 0.29) is 6.61 Å². The Bertz CT molecular complexity index is 303. The maximum absolute atomic E-state index is 10.0. The molecule has 90 valence electrons. The zero-order valence-corrected chi connectivity index (χ0v) is 9.80. The van der Waals surface area contributed by atoms with Crippen molar-refractivity contribution in [2.75, 3.05) is 20.3 Å². The summed E-state index contributed by atoms with van der Waals surface area (Å²) >= 11 is 0. The van der Waals surface area contributed by atoms with Gasteiger partial charge in [-0.1, -0.05) is 0 Å². The first-order valence-corrected chi connectivity index (χ1v) is 5.16. The van der Waals surface area contributed by atoms with Crippen LogP contribution in [0.1, 0.15) is 12.6 Å². The third kappa shape index (κ3) is 6.16. The van der Waals surface area contributed by atoms with Crippen LogP contribution in [0, 0.1) is 0 Å². The zero-order valence-electron chi connectivity index (χ0n) is 9.80. The molecular formula is C12H19NO3. The second kappa shape index (κ2) is 10.1. The number of aliphatic hydroxyl groups is 1. The molecule has 1 aromatic rings. The van der Waals surface area contributed by atoms with Gasteiger partial charge in [-0.15, -0.1) is 0 Å². The van der Waals surface area contributed by atoms with Gasteiger partial charge in [0.15, 0.2) is 0 Å². The molecule has 0 bridgehead atoms. The van der Waals surface area contributed by atoms with E-state index in [1.54, 1.807) is 13.2 Å². The van der Waals surface area contributed by atoms with Gasteiger partial charge in [0.25, 0.3) is 0 Å². The third-order valence-corrected chi connectivity index (χ3v) is 1.84. The van der Waals surface area contributed by atoms with Crippen molar-refractivity contribution in [1.29, 1.82) is 0 Å². The summed E-state index contributed by atoms with van der Waals surface area (Å²) in [5.41, 5.74) is 0.927. The van der Waals surface area contributed by atoms with Crippen molar-refractivity contribution in [3.05, 3.63) is 30.1 Å². The van der Waals surface area contributed by atoms with Gasteiger partial charge >= 0.3 is 0 Å². The van der Waals surface area contributed by atoms with E-state index in [9.17, 15) is 4.79 Å². The van der Waals surface area contributed by atoms with E-state index in [1.807, 2.05) is 29.8 Å². The fraction of sp³-hybridized carbons (Fsp3) is 0.417. The average molecular weight is 225 g/mol.